The van der Waals surface area contributed by atoms with Gasteiger partial charge in [0.15, 0.2) is 5.82 Å². The molecule has 1 unspecified atom stereocenters. The third-order valence-corrected chi connectivity index (χ3v) is 5.75. The summed E-state index contributed by atoms with van der Waals surface area (Å²) in [6.45, 7) is 3.36. The van der Waals surface area contributed by atoms with Crippen molar-refractivity contribution in [3.05, 3.63) is 11.7 Å². The van der Waals surface area contributed by atoms with Crippen molar-refractivity contribution in [1.82, 2.24) is 15.0 Å². The summed E-state index contributed by atoms with van der Waals surface area (Å²) in [5.41, 5.74) is 6.10. The Kier molecular flexibility index (Phi) is 4.06. The zero-order chi connectivity index (χ0) is 14.2. The molecule has 1 aromatic heterocycles. The van der Waals surface area contributed by atoms with Gasteiger partial charge in [0.2, 0.25) is 5.89 Å². The minimum Gasteiger partial charge on any atom is -0.337 e. The quantitative estimate of drug-likeness (QED) is 0.902. The molecule has 1 aliphatic heterocycles. The molecule has 1 aromatic rings. The van der Waals surface area contributed by atoms with Gasteiger partial charge in [0.25, 0.3) is 0 Å². The predicted octanol–water partition coefficient (Wildman–Crippen LogP) is 2.15. The fourth-order valence-electron chi connectivity index (χ4n) is 3.02. The highest BCUT2D eigenvalue weighted by molar-refractivity contribution is 7.99. The Labute approximate surface area is 124 Å². The van der Waals surface area contributed by atoms with Crippen molar-refractivity contribution >= 4 is 11.8 Å². The lowest BCUT2D eigenvalue weighted by atomic mass is 9.78. The number of nitrogens with two attached hydrogens (primary N) is 1. The smallest absolute Gasteiger partial charge is 0.246 e. The molecule has 6 heteroatoms. The van der Waals surface area contributed by atoms with E-state index in [0.717, 1.165) is 49.7 Å². The maximum absolute atomic E-state index is 6.51. The minimum atomic E-state index is -0.405. The zero-order valence-electron chi connectivity index (χ0n) is 12.3. The standard InChI is InChI=1S/C14H24N4OS/c1-10-3-5-14(15,6-4-10)13-16-12(17-19-13)11-9-20-8-7-18(11)2/h10-11H,3-9,15H2,1-2H3. The van der Waals surface area contributed by atoms with Gasteiger partial charge >= 0.3 is 0 Å². The number of thioether (sulfide) groups is 1. The summed E-state index contributed by atoms with van der Waals surface area (Å²) in [5, 5.41) is 4.21. The highest BCUT2D eigenvalue weighted by Crippen LogP contribution is 2.37. The van der Waals surface area contributed by atoms with Crippen molar-refractivity contribution in [2.75, 3.05) is 25.1 Å². The summed E-state index contributed by atoms with van der Waals surface area (Å²) >= 11 is 1.95. The number of rotatable bonds is 2. The Morgan fingerprint density at radius 2 is 2.15 bits per heavy atom. The van der Waals surface area contributed by atoms with E-state index in [0.29, 0.717) is 5.89 Å². The summed E-state index contributed by atoms with van der Waals surface area (Å²) in [5.74, 6) is 4.41. The second-order valence-electron chi connectivity index (χ2n) is 6.37. The molecule has 112 valence electrons. The Hall–Kier alpha value is -0.590. The predicted molar refractivity (Wildman–Crippen MR) is 80.5 cm³/mol. The maximum Gasteiger partial charge on any atom is 0.246 e. The van der Waals surface area contributed by atoms with Gasteiger partial charge in [-0.05, 0) is 38.6 Å². The fourth-order valence-corrected chi connectivity index (χ4v) is 4.23. The molecular weight excluding hydrogens is 272 g/mol. The van der Waals surface area contributed by atoms with E-state index in [1.54, 1.807) is 0 Å². The molecule has 20 heavy (non-hydrogen) atoms. The van der Waals surface area contributed by atoms with Gasteiger partial charge in [-0.1, -0.05) is 12.1 Å². The lowest BCUT2D eigenvalue weighted by Crippen LogP contribution is -2.40. The van der Waals surface area contributed by atoms with Gasteiger partial charge in [0, 0.05) is 18.1 Å². The molecule has 0 spiro atoms. The first-order valence-electron chi connectivity index (χ1n) is 7.49. The molecule has 2 fully saturated rings. The summed E-state index contributed by atoms with van der Waals surface area (Å²) in [4.78, 5) is 6.95. The Morgan fingerprint density at radius 1 is 1.40 bits per heavy atom. The van der Waals surface area contributed by atoms with Crippen LogP contribution in [0, 0.1) is 5.92 Å². The van der Waals surface area contributed by atoms with Gasteiger partial charge in [-0.15, -0.1) is 0 Å². The van der Waals surface area contributed by atoms with Crippen LogP contribution in [0.4, 0.5) is 0 Å². The van der Waals surface area contributed by atoms with Crippen LogP contribution in [0.25, 0.3) is 0 Å². The molecule has 2 N–H and O–H groups in total. The van der Waals surface area contributed by atoms with Gasteiger partial charge in [-0.25, -0.2) is 0 Å². The van der Waals surface area contributed by atoms with E-state index in [1.807, 2.05) is 11.8 Å². The largest absolute Gasteiger partial charge is 0.337 e. The lowest BCUT2D eigenvalue weighted by Gasteiger charge is -2.32. The molecule has 1 saturated carbocycles. The Bertz CT molecular complexity index is 456. The molecular formula is C14H24N4OS. The number of hydrogen-bond donors (Lipinski definition) is 1. The first-order valence-corrected chi connectivity index (χ1v) is 8.65. The Balaban J connectivity index is 1.76. The second kappa shape index (κ2) is 5.66. The minimum absolute atomic E-state index is 0.261. The van der Waals surface area contributed by atoms with Crippen molar-refractivity contribution in [2.45, 2.75) is 44.2 Å². The van der Waals surface area contributed by atoms with Crippen LogP contribution >= 0.6 is 11.8 Å². The SMILES string of the molecule is CC1CCC(N)(c2nc(C3CSCCN3C)no2)CC1. The zero-order valence-corrected chi connectivity index (χ0v) is 13.2. The molecule has 1 atom stereocenters. The van der Waals surface area contributed by atoms with Crippen molar-refractivity contribution in [1.29, 1.82) is 0 Å². The van der Waals surface area contributed by atoms with Crippen LogP contribution in [0.15, 0.2) is 4.52 Å². The summed E-state index contributed by atoms with van der Waals surface area (Å²) in [6.07, 6.45) is 4.19. The summed E-state index contributed by atoms with van der Waals surface area (Å²) < 4.78 is 5.52. The highest BCUT2D eigenvalue weighted by atomic mass is 32.2. The van der Waals surface area contributed by atoms with Crippen LogP contribution in [0.3, 0.4) is 0 Å². The van der Waals surface area contributed by atoms with Crippen molar-refractivity contribution in [3.63, 3.8) is 0 Å². The monoisotopic (exact) mass is 296 g/mol. The molecule has 5 nitrogen and oxygen atoms in total. The maximum atomic E-state index is 6.51. The first-order chi connectivity index (χ1) is 9.58. The molecule has 2 aliphatic rings. The number of nitrogens with zero attached hydrogens (tertiary/aromatic N) is 3. The number of hydrogen-bond acceptors (Lipinski definition) is 6. The lowest BCUT2D eigenvalue weighted by molar-refractivity contribution is 0.190. The van der Waals surface area contributed by atoms with E-state index in [1.165, 1.54) is 5.75 Å². The van der Waals surface area contributed by atoms with E-state index in [9.17, 15) is 0 Å². The van der Waals surface area contributed by atoms with E-state index < -0.39 is 5.54 Å². The van der Waals surface area contributed by atoms with Crippen molar-refractivity contribution in [3.8, 4) is 0 Å². The average molecular weight is 296 g/mol. The van der Waals surface area contributed by atoms with Crippen LogP contribution in [0.1, 0.15) is 50.4 Å². The number of aromatic nitrogens is 2. The fraction of sp³-hybridized carbons (Fsp3) is 0.857. The van der Waals surface area contributed by atoms with Gasteiger partial charge in [0.1, 0.15) is 0 Å². The van der Waals surface area contributed by atoms with Gasteiger partial charge in [0.05, 0.1) is 11.6 Å². The topological polar surface area (TPSA) is 68.2 Å². The summed E-state index contributed by atoms with van der Waals surface area (Å²) in [7, 11) is 2.13. The van der Waals surface area contributed by atoms with E-state index in [-0.39, 0.29) is 6.04 Å². The highest BCUT2D eigenvalue weighted by Gasteiger charge is 2.38. The van der Waals surface area contributed by atoms with Crippen LogP contribution < -0.4 is 5.73 Å². The third kappa shape index (κ3) is 2.73. The third-order valence-electron chi connectivity index (χ3n) is 4.73. The van der Waals surface area contributed by atoms with E-state index in [2.05, 4.69) is 29.0 Å². The molecule has 0 aromatic carbocycles. The molecule has 0 amide bonds. The normalized spacial score (nSPS) is 36.1. The molecule has 0 bridgehead atoms. The van der Waals surface area contributed by atoms with Crippen LogP contribution in [0.2, 0.25) is 0 Å². The average Bonchev–Trinajstić information content (AvgIpc) is 2.93. The van der Waals surface area contributed by atoms with Gasteiger partial charge in [-0.2, -0.15) is 16.7 Å². The van der Waals surface area contributed by atoms with E-state index in [4.69, 9.17) is 10.3 Å². The Morgan fingerprint density at radius 3 is 2.85 bits per heavy atom. The molecule has 2 heterocycles. The molecule has 1 saturated heterocycles. The van der Waals surface area contributed by atoms with Crippen molar-refractivity contribution in [2.24, 2.45) is 11.7 Å². The summed E-state index contributed by atoms with van der Waals surface area (Å²) in [6, 6.07) is 0.261. The molecule has 3 rings (SSSR count). The van der Waals surface area contributed by atoms with Crippen molar-refractivity contribution < 1.29 is 4.52 Å². The van der Waals surface area contributed by atoms with Gasteiger partial charge < -0.3 is 10.3 Å². The van der Waals surface area contributed by atoms with E-state index >= 15 is 0 Å². The second-order valence-corrected chi connectivity index (χ2v) is 7.52. The van der Waals surface area contributed by atoms with Crippen LogP contribution in [0.5, 0.6) is 0 Å². The van der Waals surface area contributed by atoms with Crippen LogP contribution in [-0.2, 0) is 5.54 Å². The van der Waals surface area contributed by atoms with Crippen LogP contribution in [-0.4, -0.2) is 40.1 Å². The van der Waals surface area contributed by atoms with Gasteiger partial charge in [-0.3, -0.25) is 4.90 Å². The molecule has 1 aliphatic carbocycles. The molecule has 0 radical (unpaired) electrons. The first kappa shape index (κ1) is 14.4.